The smallest absolute Gasteiger partial charge is 0.311 e. The van der Waals surface area contributed by atoms with Gasteiger partial charge in [-0.05, 0) is 39.1 Å². The molecule has 0 spiro atoms. The summed E-state index contributed by atoms with van der Waals surface area (Å²) in [5.41, 5.74) is 4.67. The predicted molar refractivity (Wildman–Crippen MR) is 96.0 cm³/mol. The van der Waals surface area contributed by atoms with E-state index in [9.17, 15) is 4.79 Å². The number of benzene rings is 2. The largest absolute Gasteiger partial charge is 0.457 e. The third-order valence-corrected chi connectivity index (χ3v) is 4.74. The Kier molecular flexibility index (Phi) is 4.72. The Hall–Kier alpha value is -2.13. The monoisotopic (exact) mass is 323 g/mol. The first kappa shape index (κ1) is 16.7. The van der Waals surface area contributed by atoms with Crippen LogP contribution in [0, 0.1) is 19.8 Å². The van der Waals surface area contributed by atoms with E-state index in [1.54, 1.807) is 0 Å². The Bertz CT molecular complexity index is 704. The molecule has 1 saturated heterocycles. The van der Waals surface area contributed by atoms with Gasteiger partial charge < -0.3 is 9.64 Å². The fourth-order valence-corrected chi connectivity index (χ4v) is 3.45. The molecule has 3 rings (SSSR count). The average Bonchev–Trinajstić information content (AvgIpc) is 2.85. The molecule has 0 radical (unpaired) electrons. The van der Waals surface area contributed by atoms with Crippen LogP contribution in [-0.2, 0) is 9.53 Å². The van der Waals surface area contributed by atoms with Crippen LogP contribution in [-0.4, -0.2) is 31.5 Å². The summed E-state index contributed by atoms with van der Waals surface area (Å²) in [6.07, 6.45) is -0.217. The molecule has 0 aliphatic carbocycles. The van der Waals surface area contributed by atoms with Crippen molar-refractivity contribution in [3.63, 3.8) is 0 Å². The van der Waals surface area contributed by atoms with E-state index in [1.165, 1.54) is 16.7 Å². The number of ether oxygens (including phenoxy) is 1. The molecule has 3 atom stereocenters. The summed E-state index contributed by atoms with van der Waals surface area (Å²) in [7, 11) is 4.00. The number of nitrogens with zero attached hydrogens (tertiary/aromatic N) is 1. The lowest BCUT2D eigenvalue weighted by Gasteiger charge is -2.24. The first-order chi connectivity index (χ1) is 11.5. The van der Waals surface area contributed by atoms with Crippen molar-refractivity contribution in [3.05, 3.63) is 70.8 Å². The Labute approximate surface area is 144 Å². The van der Waals surface area contributed by atoms with Crippen molar-refractivity contribution < 1.29 is 9.53 Å². The SMILES string of the molecule is Cc1ccc([C@@H]2[C@H](CN(C)C)C(=O)O[C@@H]2c2ccc(C)cc2)cc1. The maximum Gasteiger partial charge on any atom is 0.311 e. The van der Waals surface area contributed by atoms with Crippen LogP contribution in [0.1, 0.15) is 34.3 Å². The second-order valence-electron chi connectivity index (χ2n) is 7.07. The molecule has 0 amide bonds. The molecule has 0 bridgehead atoms. The summed E-state index contributed by atoms with van der Waals surface area (Å²) in [5.74, 6) is -0.197. The van der Waals surface area contributed by atoms with Gasteiger partial charge in [-0.3, -0.25) is 4.79 Å². The number of rotatable bonds is 4. The van der Waals surface area contributed by atoms with E-state index >= 15 is 0 Å². The van der Waals surface area contributed by atoms with Gasteiger partial charge in [-0.2, -0.15) is 0 Å². The van der Waals surface area contributed by atoms with E-state index in [2.05, 4.69) is 67.3 Å². The van der Waals surface area contributed by atoms with E-state index < -0.39 is 0 Å². The number of carbonyl (C=O) groups is 1. The lowest BCUT2D eigenvalue weighted by molar-refractivity contribution is -0.144. The highest BCUT2D eigenvalue weighted by Crippen LogP contribution is 2.46. The van der Waals surface area contributed by atoms with Crippen LogP contribution in [0.2, 0.25) is 0 Å². The molecule has 0 N–H and O–H groups in total. The zero-order valence-corrected chi connectivity index (χ0v) is 14.8. The molecule has 126 valence electrons. The Balaban J connectivity index is 2.01. The molecule has 1 aliphatic heterocycles. The number of hydrogen-bond donors (Lipinski definition) is 0. The standard InChI is InChI=1S/C21H25NO2/c1-14-5-9-16(10-6-14)19-18(13-22(3)4)21(23)24-20(19)17-11-7-15(2)8-12-17/h5-12,18-20H,13H2,1-4H3/t18-,19+,20+/m0/s1. The van der Waals surface area contributed by atoms with Gasteiger partial charge in [-0.25, -0.2) is 0 Å². The van der Waals surface area contributed by atoms with Crippen molar-refractivity contribution in [3.8, 4) is 0 Å². The van der Waals surface area contributed by atoms with Crippen molar-refractivity contribution >= 4 is 5.97 Å². The molecule has 0 saturated carbocycles. The van der Waals surface area contributed by atoms with Crippen LogP contribution in [0.3, 0.4) is 0 Å². The molecule has 1 aliphatic rings. The zero-order chi connectivity index (χ0) is 17.3. The molecule has 1 heterocycles. The van der Waals surface area contributed by atoms with E-state index in [0.717, 1.165) is 5.56 Å². The van der Waals surface area contributed by atoms with E-state index in [1.807, 2.05) is 14.1 Å². The topological polar surface area (TPSA) is 29.5 Å². The fraction of sp³-hybridized carbons (Fsp3) is 0.381. The fourth-order valence-electron chi connectivity index (χ4n) is 3.45. The molecule has 0 aromatic heterocycles. The summed E-state index contributed by atoms with van der Waals surface area (Å²) >= 11 is 0. The molecule has 2 aromatic carbocycles. The third-order valence-electron chi connectivity index (χ3n) is 4.74. The summed E-state index contributed by atoms with van der Waals surface area (Å²) in [6.45, 7) is 4.84. The normalized spacial score (nSPS) is 23.5. The lowest BCUT2D eigenvalue weighted by atomic mass is 9.81. The average molecular weight is 323 g/mol. The highest BCUT2D eigenvalue weighted by Gasteiger charge is 2.46. The van der Waals surface area contributed by atoms with Gasteiger partial charge in [0.25, 0.3) is 0 Å². The number of hydrogen-bond acceptors (Lipinski definition) is 3. The lowest BCUT2D eigenvalue weighted by Crippen LogP contribution is -2.28. The van der Waals surface area contributed by atoms with Gasteiger partial charge in [0, 0.05) is 12.5 Å². The molecule has 2 aromatic rings. The second kappa shape index (κ2) is 6.78. The molecule has 3 heteroatoms. The van der Waals surface area contributed by atoms with Crippen LogP contribution in [0.25, 0.3) is 0 Å². The highest BCUT2D eigenvalue weighted by atomic mass is 16.6. The summed E-state index contributed by atoms with van der Waals surface area (Å²) in [4.78, 5) is 14.6. The summed E-state index contributed by atoms with van der Waals surface area (Å²) in [6, 6.07) is 16.8. The highest BCUT2D eigenvalue weighted by molar-refractivity contribution is 5.77. The number of carbonyl (C=O) groups excluding carboxylic acids is 1. The summed E-state index contributed by atoms with van der Waals surface area (Å²) < 4.78 is 5.83. The minimum Gasteiger partial charge on any atom is -0.457 e. The van der Waals surface area contributed by atoms with Crippen molar-refractivity contribution in [1.29, 1.82) is 0 Å². The Morgan fingerprint density at radius 2 is 1.38 bits per heavy atom. The Morgan fingerprint density at radius 1 is 0.875 bits per heavy atom. The van der Waals surface area contributed by atoms with Crippen LogP contribution < -0.4 is 0 Å². The van der Waals surface area contributed by atoms with Crippen LogP contribution in [0.5, 0.6) is 0 Å². The number of esters is 1. The quantitative estimate of drug-likeness (QED) is 0.800. The zero-order valence-electron chi connectivity index (χ0n) is 14.8. The van der Waals surface area contributed by atoms with E-state index in [-0.39, 0.29) is 23.9 Å². The molecular formula is C21H25NO2. The van der Waals surface area contributed by atoms with Crippen LogP contribution in [0.4, 0.5) is 0 Å². The van der Waals surface area contributed by atoms with Gasteiger partial charge >= 0.3 is 5.97 Å². The number of cyclic esters (lactones) is 1. The predicted octanol–water partition coefficient (Wildman–Crippen LogP) is 3.86. The van der Waals surface area contributed by atoms with E-state index in [4.69, 9.17) is 4.74 Å². The van der Waals surface area contributed by atoms with Crippen LogP contribution >= 0.6 is 0 Å². The van der Waals surface area contributed by atoms with Crippen molar-refractivity contribution in [2.75, 3.05) is 20.6 Å². The maximum atomic E-state index is 12.6. The molecule has 24 heavy (non-hydrogen) atoms. The van der Waals surface area contributed by atoms with Crippen molar-refractivity contribution in [2.45, 2.75) is 25.9 Å². The van der Waals surface area contributed by atoms with Gasteiger partial charge in [0.1, 0.15) is 6.10 Å². The van der Waals surface area contributed by atoms with Gasteiger partial charge in [0.15, 0.2) is 0 Å². The van der Waals surface area contributed by atoms with Crippen molar-refractivity contribution in [1.82, 2.24) is 4.90 Å². The summed E-state index contributed by atoms with van der Waals surface area (Å²) in [5, 5.41) is 0. The first-order valence-electron chi connectivity index (χ1n) is 8.44. The van der Waals surface area contributed by atoms with Crippen molar-refractivity contribution in [2.24, 2.45) is 5.92 Å². The van der Waals surface area contributed by atoms with Gasteiger partial charge in [-0.15, -0.1) is 0 Å². The molecular weight excluding hydrogens is 298 g/mol. The first-order valence-corrected chi connectivity index (χ1v) is 8.44. The maximum absolute atomic E-state index is 12.6. The minimum absolute atomic E-state index is 0.0446. The third kappa shape index (κ3) is 3.36. The van der Waals surface area contributed by atoms with Gasteiger partial charge in [0.2, 0.25) is 0 Å². The Morgan fingerprint density at radius 3 is 1.88 bits per heavy atom. The molecule has 3 nitrogen and oxygen atoms in total. The molecule has 0 unspecified atom stereocenters. The van der Waals surface area contributed by atoms with Gasteiger partial charge in [-0.1, -0.05) is 59.7 Å². The number of aryl methyl sites for hydroxylation is 2. The minimum atomic E-state index is -0.217. The van der Waals surface area contributed by atoms with E-state index in [0.29, 0.717) is 6.54 Å². The second-order valence-corrected chi connectivity index (χ2v) is 7.07. The van der Waals surface area contributed by atoms with Gasteiger partial charge in [0.05, 0.1) is 5.92 Å². The van der Waals surface area contributed by atoms with Crippen LogP contribution in [0.15, 0.2) is 48.5 Å². The molecule has 1 fully saturated rings.